The monoisotopic (exact) mass is 441 g/mol. The van der Waals surface area contributed by atoms with Gasteiger partial charge < -0.3 is 15.0 Å². The number of anilines is 2. The number of hydrogen-bond donors (Lipinski definition) is 1. The molecule has 0 bridgehead atoms. The minimum atomic E-state index is -0.829. The minimum Gasteiger partial charge on any atom is -0.497 e. The molecule has 1 saturated carbocycles. The van der Waals surface area contributed by atoms with Gasteiger partial charge in [-0.2, -0.15) is 0 Å². The predicted molar refractivity (Wildman–Crippen MR) is 118 cm³/mol. The van der Waals surface area contributed by atoms with Crippen LogP contribution in [0.3, 0.4) is 0 Å². The third-order valence-electron chi connectivity index (χ3n) is 5.81. The highest BCUT2D eigenvalue weighted by molar-refractivity contribution is 6.30. The van der Waals surface area contributed by atoms with Crippen LogP contribution in [0.4, 0.5) is 16.2 Å². The van der Waals surface area contributed by atoms with E-state index in [9.17, 15) is 14.4 Å². The summed E-state index contributed by atoms with van der Waals surface area (Å²) < 4.78 is 5.17. The Morgan fingerprint density at radius 1 is 1.06 bits per heavy atom. The number of amides is 4. The van der Waals surface area contributed by atoms with Crippen molar-refractivity contribution in [3.05, 3.63) is 53.6 Å². The van der Waals surface area contributed by atoms with E-state index in [1.165, 1.54) is 4.90 Å². The summed E-state index contributed by atoms with van der Waals surface area (Å²) in [5, 5.41) is 3.36. The van der Waals surface area contributed by atoms with E-state index in [1.54, 1.807) is 60.5 Å². The zero-order valence-corrected chi connectivity index (χ0v) is 18.0. The smallest absolute Gasteiger partial charge is 0.332 e. The Labute approximate surface area is 185 Å². The number of imide groups is 1. The largest absolute Gasteiger partial charge is 0.497 e. The third-order valence-corrected chi connectivity index (χ3v) is 6.06. The molecule has 162 valence electrons. The number of carbonyl (C=O) groups excluding carboxylic acids is 3. The molecule has 1 atom stereocenters. The van der Waals surface area contributed by atoms with Crippen LogP contribution in [-0.4, -0.2) is 41.9 Å². The fourth-order valence-electron chi connectivity index (χ4n) is 4.28. The van der Waals surface area contributed by atoms with E-state index < -0.39 is 6.04 Å². The Hall–Kier alpha value is -3.06. The first-order valence-corrected chi connectivity index (χ1v) is 10.7. The van der Waals surface area contributed by atoms with Gasteiger partial charge in [0, 0.05) is 16.8 Å². The highest BCUT2D eigenvalue weighted by Crippen LogP contribution is 2.34. The van der Waals surface area contributed by atoms with Crippen molar-refractivity contribution >= 4 is 40.8 Å². The second-order valence-electron chi connectivity index (χ2n) is 7.77. The Kier molecular flexibility index (Phi) is 6.13. The molecule has 1 heterocycles. The number of halogens is 1. The van der Waals surface area contributed by atoms with Gasteiger partial charge in [-0.25, -0.2) is 9.69 Å². The zero-order valence-electron chi connectivity index (χ0n) is 17.2. The summed E-state index contributed by atoms with van der Waals surface area (Å²) in [7, 11) is 1.55. The standard InChI is InChI=1S/C23H24ClN3O4/c1-31-19-12-10-18(11-13-19)27-22(29)20(26(23(27)30)17-4-2-3-5-17)14-21(28)25-16-8-6-15(24)7-9-16/h6-13,17,20H,2-5,14H2,1H3,(H,25,28)/t20-/m0/s1. The zero-order chi connectivity index (χ0) is 22.0. The van der Waals surface area contributed by atoms with Crippen LogP contribution in [0.1, 0.15) is 32.1 Å². The molecular formula is C23H24ClN3O4. The van der Waals surface area contributed by atoms with Gasteiger partial charge >= 0.3 is 6.03 Å². The quantitative estimate of drug-likeness (QED) is 0.671. The van der Waals surface area contributed by atoms with Crippen molar-refractivity contribution in [1.82, 2.24) is 4.90 Å². The van der Waals surface area contributed by atoms with Gasteiger partial charge in [-0.15, -0.1) is 0 Å². The Morgan fingerprint density at radius 3 is 2.32 bits per heavy atom. The van der Waals surface area contributed by atoms with Crippen LogP contribution < -0.4 is 15.0 Å². The van der Waals surface area contributed by atoms with E-state index in [-0.39, 0.29) is 30.3 Å². The van der Waals surface area contributed by atoms with Crippen LogP contribution in [0, 0.1) is 0 Å². The summed E-state index contributed by atoms with van der Waals surface area (Å²) in [5.74, 6) is -0.0734. The minimum absolute atomic E-state index is 0.0342. The number of carbonyl (C=O) groups is 3. The maximum Gasteiger partial charge on any atom is 0.332 e. The first-order chi connectivity index (χ1) is 15.0. The summed E-state index contributed by atoms with van der Waals surface area (Å²) >= 11 is 5.89. The maximum absolute atomic E-state index is 13.3. The number of hydrogen-bond acceptors (Lipinski definition) is 4. The molecule has 7 nitrogen and oxygen atoms in total. The lowest BCUT2D eigenvalue weighted by molar-refractivity contribution is -0.124. The lowest BCUT2D eigenvalue weighted by Gasteiger charge is -2.27. The van der Waals surface area contributed by atoms with Gasteiger partial charge in [-0.05, 0) is 61.4 Å². The molecule has 2 aromatic carbocycles. The molecule has 4 amide bonds. The van der Waals surface area contributed by atoms with Crippen molar-refractivity contribution in [1.29, 1.82) is 0 Å². The van der Waals surface area contributed by atoms with E-state index in [4.69, 9.17) is 16.3 Å². The molecule has 0 spiro atoms. The number of benzene rings is 2. The number of nitrogens with one attached hydrogen (secondary N) is 1. The average Bonchev–Trinajstić information content (AvgIpc) is 3.37. The van der Waals surface area contributed by atoms with Crippen molar-refractivity contribution in [3.8, 4) is 5.75 Å². The van der Waals surface area contributed by atoms with Gasteiger partial charge in [-0.1, -0.05) is 24.4 Å². The van der Waals surface area contributed by atoms with E-state index in [2.05, 4.69) is 5.32 Å². The van der Waals surface area contributed by atoms with Crippen molar-refractivity contribution in [2.45, 2.75) is 44.2 Å². The topological polar surface area (TPSA) is 79.0 Å². The van der Waals surface area contributed by atoms with E-state index in [0.717, 1.165) is 25.7 Å². The summed E-state index contributed by atoms with van der Waals surface area (Å²) in [6, 6.07) is 12.3. The van der Waals surface area contributed by atoms with E-state index >= 15 is 0 Å². The molecule has 1 saturated heterocycles. The molecule has 1 N–H and O–H groups in total. The van der Waals surface area contributed by atoms with Crippen molar-refractivity contribution in [3.63, 3.8) is 0 Å². The van der Waals surface area contributed by atoms with Crippen LogP contribution in [0.25, 0.3) is 0 Å². The number of urea groups is 1. The number of methoxy groups -OCH3 is 1. The van der Waals surface area contributed by atoms with Gasteiger partial charge in [0.1, 0.15) is 11.8 Å². The molecule has 2 aromatic rings. The van der Waals surface area contributed by atoms with E-state index in [1.807, 2.05) is 0 Å². The number of nitrogens with zero attached hydrogens (tertiary/aromatic N) is 2. The van der Waals surface area contributed by atoms with Crippen molar-refractivity contribution in [2.24, 2.45) is 0 Å². The second-order valence-corrected chi connectivity index (χ2v) is 8.21. The van der Waals surface area contributed by atoms with E-state index in [0.29, 0.717) is 22.1 Å². The summed E-state index contributed by atoms with van der Waals surface area (Å²) in [6.45, 7) is 0. The molecule has 1 aliphatic carbocycles. The molecule has 2 aliphatic rings. The molecule has 4 rings (SSSR count). The van der Waals surface area contributed by atoms with Crippen LogP contribution in [0.5, 0.6) is 5.75 Å². The maximum atomic E-state index is 13.3. The van der Waals surface area contributed by atoms with Crippen LogP contribution in [-0.2, 0) is 9.59 Å². The number of rotatable bonds is 6. The normalized spacial score (nSPS) is 19.2. The summed E-state index contributed by atoms with van der Waals surface area (Å²) in [6.07, 6.45) is 3.59. The second kappa shape index (κ2) is 8.98. The van der Waals surface area contributed by atoms with Gasteiger partial charge in [-0.3, -0.25) is 9.59 Å². The van der Waals surface area contributed by atoms with Gasteiger partial charge in [0.15, 0.2) is 0 Å². The summed E-state index contributed by atoms with van der Waals surface area (Å²) in [4.78, 5) is 42.1. The van der Waals surface area contributed by atoms with Crippen LogP contribution >= 0.6 is 11.6 Å². The fraction of sp³-hybridized carbons (Fsp3) is 0.348. The Bertz CT molecular complexity index is 971. The highest BCUT2D eigenvalue weighted by atomic mass is 35.5. The molecule has 1 aliphatic heterocycles. The molecule has 0 radical (unpaired) electrons. The molecule has 0 aromatic heterocycles. The van der Waals surface area contributed by atoms with Crippen molar-refractivity contribution < 1.29 is 19.1 Å². The van der Waals surface area contributed by atoms with Gasteiger partial charge in [0.05, 0.1) is 19.2 Å². The highest BCUT2D eigenvalue weighted by Gasteiger charge is 2.49. The predicted octanol–water partition coefficient (Wildman–Crippen LogP) is 4.46. The first-order valence-electron chi connectivity index (χ1n) is 10.3. The lowest BCUT2D eigenvalue weighted by atomic mass is 10.1. The Balaban J connectivity index is 1.57. The first kappa shape index (κ1) is 21.2. The van der Waals surface area contributed by atoms with Crippen LogP contribution in [0.2, 0.25) is 5.02 Å². The lowest BCUT2D eigenvalue weighted by Crippen LogP contribution is -2.43. The molecule has 31 heavy (non-hydrogen) atoms. The summed E-state index contributed by atoms with van der Waals surface area (Å²) in [5.41, 5.74) is 1.06. The van der Waals surface area contributed by atoms with Crippen LogP contribution in [0.15, 0.2) is 48.5 Å². The fourth-order valence-corrected chi connectivity index (χ4v) is 4.41. The average molecular weight is 442 g/mol. The van der Waals surface area contributed by atoms with Gasteiger partial charge in [0.25, 0.3) is 5.91 Å². The number of ether oxygens (including phenoxy) is 1. The molecular weight excluding hydrogens is 418 g/mol. The Morgan fingerprint density at radius 2 is 1.71 bits per heavy atom. The third kappa shape index (κ3) is 4.37. The molecule has 8 heteroatoms. The van der Waals surface area contributed by atoms with Gasteiger partial charge in [0.2, 0.25) is 5.91 Å². The SMILES string of the molecule is COc1ccc(N2C(=O)[C@H](CC(=O)Nc3ccc(Cl)cc3)N(C3CCCC3)C2=O)cc1. The molecule has 0 unspecified atom stereocenters. The molecule has 2 fully saturated rings. The van der Waals surface area contributed by atoms with Crippen molar-refractivity contribution in [2.75, 3.05) is 17.3 Å².